The van der Waals surface area contributed by atoms with Crippen molar-refractivity contribution in [3.8, 4) is 0 Å². The second-order valence-electron chi connectivity index (χ2n) is 3.96. The van der Waals surface area contributed by atoms with Crippen molar-refractivity contribution in [3.63, 3.8) is 0 Å². The van der Waals surface area contributed by atoms with Crippen LogP contribution in [0.4, 0.5) is 13.2 Å². The van der Waals surface area contributed by atoms with Gasteiger partial charge in [0, 0.05) is 6.04 Å². The molecule has 1 heterocycles. The van der Waals surface area contributed by atoms with E-state index in [2.05, 4.69) is 21.2 Å². The average Bonchev–Trinajstić information content (AvgIpc) is 2.76. The van der Waals surface area contributed by atoms with Gasteiger partial charge < -0.3 is 5.32 Å². The Labute approximate surface area is 100 Å². The normalized spacial score (nSPS) is 20.4. The van der Waals surface area contributed by atoms with Crippen LogP contribution in [0.5, 0.6) is 0 Å². The van der Waals surface area contributed by atoms with E-state index in [9.17, 15) is 13.2 Å². The SMILES string of the molecule is Fc1cc(CC2CCCN2)c(F)c(F)c1Br. The molecule has 5 heteroatoms. The summed E-state index contributed by atoms with van der Waals surface area (Å²) in [6.07, 6.45) is 2.26. The van der Waals surface area contributed by atoms with E-state index in [1.54, 1.807) is 0 Å². The lowest BCUT2D eigenvalue weighted by Gasteiger charge is -2.12. The van der Waals surface area contributed by atoms with E-state index < -0.39 is 21.9 Å². The second-order valence-corrected chi connectivity index (χ2v) is 4.75. The van der Waals surface area contributed by atoms with E-state index in [4.69, 9.17) is 0 Å². The molecule has 16 heavy (non-hydrogen) atoms. The fraction of sp³-hybridized carbons (Fsp3) is 0.455. The Bertz CT molecular complexity index is 403. The zero-order valence-electron chi connectivity index (χ0n) is 8.49. The van der Waals surface area contributed by atoms with Crippen LogP contribution in [0, 0.1) is 17.5 Å². The first kappa shape index (κ1) is 11.9. The third-order valence-corrected chi connectivity index (χ3v) is 3.53. The van der Waals surface area contributed by atoms with Crippen molar-refractivity contribution in [2.24, 2.45) is 0 Å². The van der Waals surface area contributed by atoms with Crippen molar-refractivity contribution >= 4 is 15.9 Å². The second kappa shape index (κ2) is 4.75. The van der Waals surface area contributed by atoms with Gasteiger partial charge in [0.15, 0.2) is 11.6 Å². The van der Waals surface area contributed by atoms with E-state index in [0.717, 1.165) is 25.5 Å². The van der Waals surface area contributed by atoms with Gasteiger partial charge in [-0.05, 0) is 53.4 Å². The quantitative estimate of drug-likeness (QED) is 0.652. The van der Waals surface area contributed by atoms with Gasteiger partial charge in [0.05, 0.1) is 4.47 Å². The molecule has 1 nitrogen and oxygen atoms in total. The molecule has 0 saturated carbocycles. The fourth-order valence-electron chi connectivity index (χ4n) is 1.97. The van der Waals surface area contributed by atoms with Crippen LogP contribution in [0.15, 0.2) is 10.5 Å². The molecule has 0 spiro atoms. The van der Waals surface area contributed by atoms with Crippen molar-refractivity contribution < 1.29 is 13.2 Å². The number of benzene rings is 1. The first-order chi connectivity index (χ1) is 7.59. The third kappa shape index (κ3) is 2.25. The minimum Gasteiger partial charge on any atom is -0.314 e. The van der Waals surface area contributed by atoms with Gasteiger partial charge >= 0.3 is 0 Å². The Hall–Kier alpha value is -0.550. The summed E-state index contributed by atoms with van der Waals surface area (Å²) < 4.78 is 39.5. The first-order valence-corrected chi connectivity index (χ1v) is 5.94. The summed E-state index contributed by atoms with van der Waals surface area (Å²) in [6.45, 7) is 0.883. The van der Waals surface area contributed by atoms with Crippen molar-refractivity contribution in [2.45, 2.75) is 25.3 Å². The molecule has 0 radical (unpaired) electrons. The molecular weight excluding hydrogens is 283 g/mol. The average molecular weight is 294 g/mol. The lowest BCUT2D eigenvalue weighted by atomic mass is 10.0. The van der Waals surface area contributed by atoms with Gasteiger partial charge in [-0.15, -0.1) is 0 Å². The summed E-state index contributed by atoms with van der Waals surface area (Å²) in [5.41, 5.74) is 0.0950. The highest BCUT2D eigenvalue weighted by Gasteiger charge is 2.21. The topological polar surface area (TPSA) is 12.0 Å². The zero-order chi connectivity index (χ0) is 11.7. The van der Waals surface area contributed by atoms with Crippen LogP contribution in [0.25, 0.3) is 0 Å². The maximum atomic E-state index is 13.5. The summed E-state index contributed by atoms with van der Waals surface area (Å²) in [6, 6.07) is 1.18. The molecule has 1 unspecified atom stereocenters. The van der Waals surface area contributed by atoms with Gasteiger partial charge in [0.2, 0.25) is 0 Å². The van der Waals surface area contributed by atoms with Gasteiger partial charge in [0.1, 0.15) is 5.82 Å². The van der Waals surface area contributed by atoms with Crippen LogP contribution in [0.1, 0.15) is 18.4 Å². The minimum atomic E-state index is -1.15. The first-order valence-electron chi connectivity index (χ1n) is 5.15. The molecule has 1 atom stereocenters. The van der Waals surface area contributed by atoms with E-state index >= 15 is 0 Å². The molecule has 1 aromatic rings. The Morgan fingerprint density at radius 2 is 2.06 bits per heavy atom. The lowest BCUT2D eigenvalue weighted by molar-refractivity contribution is 0.469. The largest absolute Gasteiger partial charge is 0.314 e. The zero-order valence-corrected chi connectivity index (χ0v) is 10.1. The molecule has 1 N–H and O–H groups in total. The Kier molecular flexibility index (Phi) is 3.54. The molecule has 88 valence electrons. The summed E-state index contributed by atoms with van der Waals surface area (Å²) in [4.78, 5) is 0. The van der Waals surface area contributed by atoms with Crippen LogP contribution >= 0.6 is 15.9 Å². The highest BCUT2D eigenvalue weighted by molar-refractivity contribution is 9.10. The summed E-state index contributed by atoms with van der Waals surface area (Å²) in [5, 5.41) is 3.16. The number of halogens is 4. The van der Waals surface area contributed by atoms with Gasteiger partial charge in [-0.1, -0.05) is 0 Å². The summed E-state index contributed by atoms with van der Waals surface area (Å²) in [7, 11) is 0. The standard InChI is InChI=1S/C11H11BrF3N/c12-9-8(13)5-6(10(14)11(9)15)4-7-2-1-3-16-7/h5,7,16H,1-4H2. The van der Waals surface area contributed by atoms with Gasteiger partial charge in [-0.2, -0.15) is 0 Å². The molecule has 1 aromatic carbocycles. The number of rotatable bonds is 2. The maximum Gasteiger partial charge on any atom is 0.176 e. The molecule has 1 saturated heterocycles. The molecule has 0 amide bonds. The highest BCUT2D eigenvalue weighted by atomic mass is 79.9. The van der Waals surface area contributed by atoms with Crippen LogP contribution in [-0.2, 0) is 6.42 Å². The Morgan fingerprint density at radius 1 is 1.31 bits per heavy atom. The van der Waals surface area contributed by atoms with Crippen molar-refractivity contribution in [2.75, 3.05) is 6.54 Å². The van der Waals surface area contributed by atoms with E-state index in [-0.39, 0.29) is 11.6 Å². The number of hydrogen-bond donors (Lipinski definition) is 1. The van der Waals surface area contributed by atoms with Crippen LogP contribution in [-0.4, -0.2) is 12.6 Å². The van der Waals surface area contributed by atoms with Crippen LogP contribution < -0.4 is 5.32 Å². The van der Waals surface area contributed by atoms with Crippen LogP contribution in [0.2, 0.25) is 0 Å². The van der Waals surface area contributed by atoms with Gasteiger partial charge in [-0.3, -0.25) is 0 Å². The lowest BCUT2D eigenvalue weighted by Crippen LogP contribution is -2.24. The molecule has 0 aromatic heterocycles. The fourth-order valence-corrected chi connectivity index (χ4v) is 2.26. The molecule has 1 aliphatic heterocycles. The minimum absolute atomic E-state index is 0.0950. The predicted molar refractivity (Wildman–Crippen MR) is 58.7 cm³/mol. The third-order valence-electron chi connectivity index (χ3n) is 2.81. The molecular formula is C11H11BrF3N. The molecule has 0 aliphatic carbocycles. The van der Waals surface area contributed by atoms with E-state index in [1.807, 2.05) is 0 Å². The Morgan fingerprint density at radius 3 is 2.69 bits per heavy atom. The van der Waals surface area contributed by atoms with Gasteiger partial charge in [-0.25, -0.2) is 13.2 Å². The predicted octanol–water partition coefficient (Wildman–Crippen LogP) is 3.16. The highest BCUT2D eigenvalue weighted by Crippen LogP contribution is 2.26. The van der Waals surface area contributed by atoms with Crippen molar-refractivity contribution in [3.05, 3.63) is 33.6 Å². The Balaban J connectivity index is 2.26. The maximum absolute atomic E-state index is 13.5. The number of hydrogen-bond acceptors (Lipinski definition) is 1. The van der Waals surface area contributed by atoms with Crippen molar-refractivity contribution in [1.29, 1.82) is 0 Å². The van der Waals surface area contributed by atoms with E-state index in [1.165, 1.54) is 0 Å². The van der Waals surface area contributed by atoms with Gasteiger partial charge in [0.25, 0.3) is 0 Å². The van der Waals surface area contributed by atoms with Crippen LogP contribution in [0.3, 0.4) is 0 Å². The van der Waals surface area contributed by atoms with Crippen molar-refractivity contribution in [1.82, 2.24) is 5.32 Å². The number of nitrogens with one attached hydrogen (secondary N) is 1. The monoisotopic (exact) mass is 293 g/mol. The molecule has 2 rings (SSSR count). The summed E-state index contributed by atoms with van der Waals surface area (Å²) >= 11 is 2.67. The summed E-state index contributed by atoms with van der Waals surface area (Å²) in [5.74, 6) is -2.86. The van der Waals surface area contributed by atoms with E-state index in [0.29, 0.717) is 6.42 Å². The molecule has 1 fully saturated rings. The smallest absolute Gasteiger partial charge is 0.176 e. The molecule has 0 bridgehead atoms. The molecule has 1 aliphatic rings.